The van der Waals surface area contributed by atoms with Crippen LogP contribution in [0.2, 0.25) is 0 Å². The second-order valence-electron chi connectivity index (χ2n) is 4.48. The van der Waals surface area contributed by atoms with Gasteiger partial charge >= 0.3 is 12.0 Å². The lowest BCUT2D eigenvalue weighted by molar-refractivity contribution is 0.0698. The molecule has 0 bridgehead atoms. The third kappa shape index (κ3) is 4.14. The second-order valence-corrected chi connectivity index (χ2v) is 6.62. The van der Waals surface area contributed by atoms with Gasteiger partial charge < -0.3 is 15.7 Å². The smallest absolute Gasteiger partial charge is 0.337 e. The van der Waals surface area contributed by atoms with Gasteiger partial charge in [0.1, 0.15) is 0 Å². The van der Waals surface area contributed by atoms with Crippen molar-refractivity contribution < 1.29 is 14.7 Å². The summed E-state index contributed by atoms with van der Waals surface area (Å²) < 4.78 is 0.715. The molecule has 1 aromatic rings. The number of carbonyl (C=O) groups excluding carboxylic acids is 1. The van der Waals surface area contributed by atoms with Gasteiger partial charge in [-0.2, -0.15) is 11.8 Å². The molecule has 0 atom stereocenters. The van der Waals surface area contributed by atoms with Gasteiger partial charge in [0.15, 0.2) is 0 Å². The van der Waals surface area contributed by atoms with Gasteiger partial charge in [-0.15, -0.1) is 0 Å². The van der Waals surface area contributed by atoms with Crippen molar-refractivity contribution in [1.82, 2.24) is 5.32 Å². The monoisotopic (exact) mass is 358 g/mol. The van der Waals surface area contributed by atoms with E-state index in [0.717, 1.165) is 24.3 Å². The van der Waals surface area contributed by atoms with E-state index < -0.39 is 5.97 Å². The second kappa shape index (κ2) is 6.99. The first-order valence-corrected chi connectivity index (χ1v) is 8.19. The Bertz CT molecular complexity index is 518. The molecule has 0 saturated carbocycles. The van der Waals surface area contributed by atoms with Gasteiger partial charge in [-0.05, 0) is 42.5 Å². The predicted molar refractivity (Wildman–Crippen MR) is 83.6 cm³/mol. The molecule has 3 N–H and O–H groups in total. The predicted octanol–water partition coefficient (Wildman–Crippen LogP) is 3.16. The van der Waals surface area contributed by atoms with E-state index in [2.05, 4.69) is 26.6 Å². The Labute approximate surface area is 129 Å². The van der Waals surface area contributed by atoms with E-state index >= 15 is 0 Å². The summed E-state index contributed by atoms with van der Waals surface area (Å²) in [6.45, 7) is 0. The third-order valence-corrected chi connectivity index (χ3v) is 4.56. The summed E-state index contributed by atoms with van der Waals surface area (Å²) >= 11 is 5.15. The highest BCUT2D eigenvalue weighted by Gasteiger charge is 2.17. The molecule has 1 fully saturated rings. The molecule has 0 aromatic heterocycles. The zero-order valence-corrected chi connectivity index (χ0v) is 13.1. The molecule has 108 valence electrons. The highest BCUT2D eigenvalue weighted by molar-refractivity contribution is 9.10. The van der Waals surface area contributed by atoms with Gasteiger partial charge in [0.2, 0.25) is 0 Å². The molecule has 0 radical (unpaired) electrons. The fourth-order valence-electron chi connectivity index (χ4n) is 1.99. The lowest BCUT2D eigenvalue weighted by Gasteiger charge is -2.22. The molecule has 2 rings (SSSR count). The normalized spacial score (nSPS) is 15.7. The zero-order valence-electron chi connectivity index (χ0n) is 10.7. The van der Waals surface area contributed by atoms with Crippen molar-refractivity contribution in [2.45, 2.75) is 18.9 Å². The number of carboxylic acid groups (broad SMARTS) is 1. The topological polar surface area (TPSA) is 78.4 Å². The maximum absolute atomic E-state index is 11.9. The van der Waals surface area contributed by atoms with Crippen molar-refractivity contribution in [2.24, 2.45) is 0 Å². The molecule has 0 spiro atoms. The van der Waals surface area contributed by atoms with Crippen LogP contribution in [0.5, 0.6) is 0 Å². The quantitative estimate of drug-likeness (QED) is 0.775. The molecule has 1 saturated heterocycles. The van der Waals surface area contributed by atoms with Crippen molar-refractivity contribution in [3.05, 3.63) is 28.2 Å². The first-order valence-electron chi connectivity index (χ1n) is 6.24. The lowest BCUT2D eigenvalue weighted by atomic mass is 10.1. The van der Waals surface area contributed by atoms with E-state index in [4.69, 9.17) is 5.11 Å². The number of thioether (sulfide) groups is 1. The van der Waals surface area contributed by atoms with Crippen LogP contribution in [0.1, 0.15) is 23.2 Å². The van der Waals surface area contributed by atoms with Crippen molar-refractivity contribution in [3.63, 3.8) is 0 Å². The van der Waals surface area contributed by atoms with Crippen LogP contribution in [0.3, 0.4) is 0 Å². The first kappa shape index (κ1) is 15.2. The van der Waals surface area contributed by atoms with Crippen LogP contribution < -0.4 is 10.6 Å². The minimum absolute atomic E-state index is 0.0718. The standard InChI is InChI=1S/C13H15BrN2O3S/c14-8-1-2-10(12(17)18)11(7-8)16-13(19)15-9-3-5-20-6-4-9/h1-2,7,9H,3-6H2,(H,17,18)(H2,15,16,19). The molecule has 2 amide bonds. The molecular weight excluding hydrogens is 344 g/mol. The fraction of sp³-hybridized carbons (Fsp3) is 0.385. The van der Waals surface area contributed by atoms with Crippen molar-refractivity contribution in [2.75, 3.05) is 16.8 Å². The number of aromatic carboxylic acids is 1. The summed E-state index contributed by atoms with van der Waals surface area (Å²) in [5.41, 5.74) is 0.358. The Morgan fingerprint density at radius 2 is 2.00 bits per heavy atom. The molecule has 1 heterocycles. The SMILES string of the molecule is O=C(Nc1cc(Br)ccc1C(=O)O)NC1CCSCC1. The van der Waals surface area contributed by atoms with Crippen molar-refractivity contribution >= 4 is 45.4 Å². The molecule has 0 unspecified atom stereocenters. The maximum atomic E-state index is 11.9. The number of rotatable bonds is 3. The average Bonchev–Trinajstić information content (AvgIpc) is 2.39. The minimum atomic E-state index is -1.07. The van der Waals surface area contributed by atoms with E-state index in [9.17, 15) is 9.59 Å². The van der Waals surface area contributed by atoms with Crippen LogP contribution in [-0.2, 0) is 0 Å². The van der Waals surface area contributed by atoms with Gasteiger partial charge in [0.05, 0.1) is 11.3 Å². The van der Waals surface area contributed by atoms with Crippen molar-refractivity contribution in [1.29, 1.82) is 0 Å². The van der Waals surface area contributed by atoms with Crippen LogP contribution in [0.25, 0.3) is 0 Å². The molecule has 0 aliphatic carbocycles. The summed E-state index contributed by atoms with van der Waals surface area (Å²) in [5.74, 6) is 1.02. The average molecular weight is 359 g/mol. The number of carbonyl (C=O) groups is 2. The van der Waals surface area contributed by atoms with Gasteiger partial charge in [-0.3, -0.25) is 0 Å². The zero-order chi connectivity index (χ0) is 14.5. The number of hydrogen-bond acceptors (Lipinski definition) is 3. The fourth-order valence-corrected chi connectivity index (χ4v) is 3.46. The summed E-state index contributed by atoms with van der Waals surface area (Å²) in [6, 6.07) is 4.48. The summed E-state index contributed by atoms with van der Waals surface area (Å²) in [6.07, 6.45) is 1.89. The Balaban J connectivity index is 2.03. The summed E-state index contributed by atoms with van der Waals surface area (Å²) in [5, 5.41) is 14.6. The summed E-state index contributed by atoms with van der Waals surface area (Å²) in [7, 11) is 0. The Morgan fingerprint density at radius 3 is 2.65 bits per heavy atom. The van der Waals surface area contributed by atoms with E-state index in [1.807, 2.05) is 11.8 Å². The number of halogens is 1. The number of hydrogen-bond donors (Lipinski definition) is 3. The number of carboxylic acids is 1. The molecule has 1 aromatic carbocycles. The highest BCUT2D eigenvalue weighted by Crippen LogP contribution is 2.22. The minimum Gasteiger partial charge on any atom is -0.478 e. The molecule has 7 heteroatoms. The van der Waals surface area contributed by atoms with E-state index in [0.29, 0.717) is 4.47 Å². The first-order chi connectivity index (χ1) is 9.56. The Morgan fingerprint density at radius 1 is 1.30 bits per heavy atom. The van der Waals surface area contributed by atoms with E-state index in [-0.39, 0.29) is 23.3 Å². The maximum Gasteiger partial charge on any atom is 0.337 e. The molecule has 1 aliphatic heterocycles. The molecular formula is C13H15BrN2O3S. The van der Waals surface area contributed by atoms with Crippen LogP contribution in [0.15, 0.2) is 22.7 Å². The van der Waals surface area contributed by atoms with Gasteiger partial charge in [-0.25, -0.2) is 9.59 Å². The van der Waals surface area contributed by atoms with Crippen LogP contribution in [0.4, 0.5) is 10.5 Å². The van der Waals surface area contributed by atoms with Crippen LogP contribution >= 0.6 is 27.7 Å². The van der Waals surface area contributed by atoms with Crippen LogP contribution in [0, 0.1) is 0 Å². The largest absolute Gasteiger partial charge is 0.478 e. The molecule has 5 nitrogen and oxygen atoms in total. The number of urea groups is 1. The van der Waals surface area contributed by atoms with E-state index in [1.165, 1.54) is 6.07 Å². The van der Waals surface area contributed by atoms with Gasteiger partial charge in [-0.1, -0.05) is 15.9 Å². The van der Waals surface area contributed by atoms with E-state index in [1.54, 1.807) is 12.1 Å². The van der Waals surface area contributed by atoms with Crippen LogP contribution in [-0.4, -0.2) is 34.7 Å². The Hall–Kier alpha value is -1.21. The molecule has 1 aliphatic rings. The van der Waals surface area contributed by atoms with Gasteiger partial charge in [0, 0.05) is 10.5 Å². The lowest BCUT2D eigenvalue weighted by Crippen LogP contribution is -2.40. The number of benzene rings is 1. The molecule has 20 heavy (non-hydrogen) atoms. The Kier molecular flexibility index (Phi) is 5.31. The van der Waals surface area contributed by atoms with Crippen molar-refractivity contribution in [3.8, 4) is 0 Å². The summed E-state index contributed by atoms with van der Waals surface area (Å²) in [4.78, 5) is 23.0. The number of amides is 2. The highest BCUT2D eigenvalue weighted by atomic mass is 79.9. The number of anilines is 1. The third-order valence-electron chi connectivity index (χ3n) is 3.02. The van der Waals surface area contributed by atoms with Gasteiger partial charge in [0.25, 0.3) is 0 Å². The number of nitrogens with one attached hydrogen (secondary N) is 2.